The third kappa shape index (κ3) is 7.54. The third-order valence-corrected chi connectivity index (χ3v) is 6.10. The second-order valence-corrected chi connectivity index (χ2v) is 9.72. The fraction of sp³-hybridized carbons (Fsp3) is 0. The zero-order valence-electron chi connectivity index (χ0n) is 23.0. The number of hydrogen-bond donors (Lipinski definition) is 7. The lowest BCUT2D eigenvalue weighted by molar-refractivity contribution is 1.06. The lowest BCUT2D eigenvalue weighted by Crippen LogP contribution is -2.08. The van der Waals surface area contributed by atoms with Gasteiger partial charge in [0.2, 0.25) is 35.0 Å². The fourth-order valence-corrected chi connectivity index (χ4v) is 4.24. The molecule has 218 valence electrons. The average molecular weight is 604 g/mol. The van der Waals surface area contributed by atoms with Gasteiger partial charge >= 0.3 is 0 Å². The van der Waals surface area contributed by atoms with E-state index in [2.05, 4.69) is 56.5 Å². The SMILES string of the molecule is Nc1cccc(Nc2nc(Nc3cccc(N)c3)nc(Nc3cccc(Nc4nc(Cl)nc(Nc5ccccc5)n4)c3)n2)c1. The van der Waals surface area contributed by atoms with E-state index < -0.39 is 0 Å². The highest BCUT2D eigenvalue weighted by Gasteiger charge is 2.11. The van der Waals surface area contributed by atoms with E-state index in [0.29, 0.717) is 40.6 Å². The number of nitrogen functional groups attached to an aromatic ring is 2. The summed E-state index contributed by atoms with van der Waals surface area (Å²) < 4.78 is 0. The summed E-state index contributed by atoms with van der Waals surface area (Å²) in [5.41, 5.74) is 16.8. The highest BCUT2D eigenvalue weighted by Crippen LogP contribution is 2.25. The number of anilines is 12. The number of nitrogens with two attached hydrogens (primary N) is 2. The number of nitrogens with one attached hydrogen (secondary N) is 5. The van der Waals surface area contributed by atoms with Crippen LogP contribution in [-0.2, 0) is 0 Å². The maximum Gasteiger partial charge on any atom is 0.233 e. The molecule has 6 aromatic rings. The summed E-state index contributed by atoms with van der Waals surface area (Å²) in [5.74, 6) is 1.45. The third-order valence-electron chi connectivity index (χ3n) is 5.93. The highest BCUT2D eigenvalue weighted by atomic mass is 35.5. The summed E-state index contributed by atoms with van der Waals surface area (Å²) >= 11 is 6.18. The van der Waals surface area contributed by atoms with Gasteiger partial charge in [0.05, 0.1) is 0 Å². The Morgan fingerprint density at radius 2 is 0.727 bits per heavy atom. The first-order chi connectivity index (χ1) is 21.4. The topological polar surface area (TPSA) is 190 Å². The Balaban J connectivity index is 1.24. The monoisotopic (exact) mass is 603 g/mol. The maximum absolute atomic E-state index is 6.18. The van der Waals surface area contributed by atoms with Gasteiger partial charge in [-0.2, -0.15) is 29.9 Å². The molecule has 0 spiro atoms. The summed E-state index contributed by atoms with van der Waals surface area (Å²) in [7, 11) is 0. The number of benzene rings is 4. The van der Waals surface area contributed by atoms with Crippen LogP contribution in [0.25, 0.3) is 0 Å². The fourth-order valence-electron chi connectivity index (χ4n) is 4.08. The van der Waals surface area contributed by atoms with Crippen LogP contribution in [0.4, 0.5) is 69.6 Å². The molecule has 0 saturated heterocycles. The Labute approximate surface area is 257 Å². The van der Waals surface area contributed by atoms with Crippen molar-refractivity contribution >= 4 is 81.2 Å². The van der Waals surface area contributed by atoms with Gasteiger partial charge in [0, 0.05) is 39.8 Å². The van der Waals surface area contributed by atoms with Crippen molar-refractivity contribution in [3.05, 3.63) is 108 Å². The quantitative estimate of drug-likeness (QED) is 0.0830. The molecule has 0 aliphatic heterocycles. The first-order valence-corrected chi connectivity index (χ1v) is 13.7. The number of hydrogen-bond acceptors (Lipinski definition) is 13. The van der Waals surface area contributed by atoms with E-state index in [4.69, 9.17) is 23.1 Å². The number of para-hydroxylation sites is 1. The molecule has 0 bridgehead atoms. The zero-order chi connectivity index (χ0) is 30.3. The Morgan fingerprint density at radius 1 is 0.386 bits per heavy atom. The first-order valence-electron chi connectivity index (χ1n) is 13.3. The van der Waals surface area contributed by atoms with E-state index in [1.54, 1.807) is 24.3 Å². The molecule has 0 aliphatic carbocycles. The van der Waals surface area contributed by atoms with Gasteiger partial charge in [0.25, 0.3) is 0 Å². The van der Waals surface area contributed by atoms with Crippen LogP contribution in [0.15, 0.2) is 103 Å². The van der Waals surface area contributed by atoms with Crippen LogP contribution in [0.1, 0.15) is 0 Å². The summed E-state index contributed by atoms with van der Waals surface area (Å²) in [4.78, 5) is 26.4. The summed E-state index contributed by atoms with van der Waals surface area (Å²) in [6, 6.07) is 31.5. The molecule has 0 fully saturated rings. The molecule has 0 atom stereocenters. The molecule has 0 radical (unpaired) electrons. The van der Waals surface area contributed by atoms with Gasteiger partial charge in [-0.1, -0.05) is 36.4 Å². The molecule has 0 saturated carbocycles. The summed E-state index contributed by atoms with van der Waals surface area (Å²) in [6.07, 6.45) is 0. The molecule has 13 nitrogen and oxygen atoms in total. The van der Waals surface area contributed by atoms with Gasteiger partial charge < -0.3 is 38.1 Å². The molecular weight excluding hydrogens is 578 g/mol. The molecule has 6 rings (SSSR count). The molecule has 2 aromatic heterocycles. The van der Waals surface area contributed by atoms with Crippen LogP contribution in [0.2, 0.25) is 5.28 Å². The largest absolute Gasteiger partial charge is 0.399 e. The first kappa shape index (κ1) is 27.9. The van der Waals surface area contributed by atoms with Crippen LogP contribution in [0.5, 0.6) is 0 Å². The lowest BCUT2D eigenvalue weighted by Gasteiger charge is -2.13. The molecule has 0 aliphatic rings. The molecule has 0 unspecified atom stereocenters. The second kappa shape index (κ2) is 12.8. The zero-order valence-corrected chi connectivity index (χ0v) is 23.8. The molecular formula is C30H26ClN13. The van der Waals surface area contributed by atoms with E-state index in [-0.39, 0.29) is 17.2 Å². The minimum Gasteiger partial charge on any atom is -0.399 e. The number of halogens is 1. The Bertz CT molecular complexity index is 1840. The summed E-state index contributed by atoms with van der Waals surface area (Å²) in [5, 5.41) is 15.9. The van der Waals surface area contributed by atoms with E-state index in [1.807, 2.05) is 78.9 Å². The van der Waals surface area contributed by atoms with Crippen molar-refractivity contribution < 1.29 is 0 Å². The highest BCUT2D eigenvalue weighted by molar-refractivity contribution is 6.28. The summed E-state index contributed by atoms with van der Waals surface area (Å²) in [6.45, 7) is 0. The van der Waals surface area contributed by atoms with Crippen molar-refractivity contribution in [1.82, 2.24) is 29.9 Å². The van der Waals surface area contributed by atoms with E-state index in [9.17, 15) is 0 Å². The number of nitrogens with zero attached hydrogens (tertiary/aromatic N) is 6. The normalized spacial score (nSPS) is 10.6. The Hall–Kier alpha value is -6.21. The van der Waals surface area contributed by atoms with Crippen LogP contribution in [-0.4, -0.2) is 29.9 Å². The molecule has 9 N–H and O–H groups in total. The van der Waals surface area contributed by atoms with E-state index in [1.165, 1.54) is 0 Å². The van der Waals surface area contributed by atoms with Crippen molar-refractivity contribution in [2.75, 3.05) is 38.1 Å². The van der Waals surface area contributed by atoms with Crippen molar-refractivity contribution in [3.63, 3.8) is 0 Å². The van der Waals surface area contributed by atoms with Gasteiger partial charge in [-0.3, -0.25) is 0 Å². The minimum atomic E-state index is 0.0424. The predicted octanol–water partition coefficient (Wildman–Crippen LogP) is 6.59. The van der Waals surface area contributed by atoms with E-state index >= 15 is 0 Å². The standard InChI is InChI=1S/C30H26ClN13/c31-25-39-26(34-20-9-2-1-3-10-20)41-27(40-25)37-23-13-6-14-24(17-23)38-30-43-28(35-21-11-4-7-18(32)15-21)42-29(44-30)36-22-12-5-8-19(33)16-22/h1-17H,32-33H2,(H2,34,37,39,40,41)(H3,35,36,38,42,43,44). The smallest absolute Gasteiger partial charge is 0.233 e. The maximum atomic E-state index is 6.18. The van der Waals surface area contributed by atoms with Gasteiger partial charge in [0.1, 0.15) is 0 Å². The van der Waals surface area contributed by atoms with Crippen molar-refractivity contribution in [2.24, 2.45) is 0 Å². The van der Waals surface area contributed by atoms with Gasteiger partial charge in [-0.25, -0.2) is 0 Å². The van der Waals surface area contributed by atoms with Crippen LogP contribution in [0, 0.1) is 0 Å². The van der Waals surface area contributed by atoms with Gasteiger partial charge in [0.15, 0.2) is 0 Å². The number of aromatic nitrogens is 6. The van der Waals surface area contributed by atoms with Crippen molar-refractivity contribution in [2.45, 2.75) is 0 Å². The van der Waals surface area contributed by atoms with Gasteiger partial charge in [-0.05, 0) is 78.3 Å². The predicted molar refractivity (Wildman–Crippen MR) is 176 cm³/mol. The average Bonchev–Trinajstić information content (AvgIpc) is 2.97. The molecule has 2 heterocycles. The molecule has 44 heavy (non-hydrogen) atoms. The Kier molecular flexibility index (Phi) is 8.10. The molecule has 14 heteroatoms. The van der Waals surface area contributed by atoms with Crippen LogP contribution in [0.3, 0.4) is 0 Å². The Morgan fingerprint density at radius 3 is 1.16 bits per heavy atom. The number of rotatable bonds is 10. The molecule has 4 aromatic carbocycles. The van der Waals surface area contributed by atoms with Crippen LogP contribution >= 0.6 is 11.6 Å². The van der Waals surface area contributed by atoms with Crippen molar-refractivity contribution in [3.8, 4) is 0 Å². The van der Waals surface area contributed by atoms with E-state index in [0.717, 1.165) is 17.1 Å². The lowest BCUT2D eigenvalue weighted by atomic mass is 10.3. The van der Waals surface area contributed by atoms with Gasteiger partial charge in [-0.15, -0.1) is 0 Å². The second-order valence-electron chi connectivity index (χ2n) is 9.38. The minimum absolute atomic E-state index is 0.0424. The van der Waals surface area contributed by atoms with Crippen LogP contribution < -0.4 is 38.1 Å². The van der Waals surface area contributed by atoms with Crippen molar-refractivity contribution in [1.29, 1.82) is 0 Å². The molecule has 0 amide bonds.